The molecular weight excluding hydrogens is 597 g/mol. The van der Waals surface area contributed by atoms with Gasteiger partial charge in [-0.25, -0.2) is 4.90 Å². The highest BCUT2D eigenvalue weighted by atomic mass is 35.5. The van der Waals surface area contributed by atoms with Crippen LogP contribution in [0.15, 0.2) is 76.6 Å². The molecule has 0 spiro atoms. The van der Waals surface area contributed by atoms with Gasteiger partial charge in [-0.2, -0.15) is 0 Å². The van der Waals surface area contributed by atoms with Crippen molar-refractivity contribution in [2.45, 2.75) is 22.8 Å². The summed E-state index contributed by atoms with van der Waals surface area (Å²) < 4.78 is 6.13. The molecule has 9 nitrogen and oxygen atoms in total. The Labute approximate surface area is 244 Å². The first-order valence-electron chi connectivity index (χ1n) is 11.9. The van der Waals surface area contributed by atoms with Crippen LogP contribution in [0.2, 0.25) is 10.0 Å². The summed E-state index contributed by atoms with van der Waals surface area (Å²) in [6.45, 7) is 0.123. The fourth-order valence-electron chi connectivity index (χ4n) is 4.96. The predicted octanol–water partition coefficient (Wildman–Crippen LogP) is 6.03. The molecule has 2 aliphatic heterocycles. The number of aromatic nitrogens is 1. The molecule has 1 saturated heterocycles. The number of ether oxygens (including phenoxy) is 1. The SMILES string of the molecule is O=C1[C@H]2[C@H](c3cc([N+](=O)[O-])ccc3OCc3ccc(Cl)cc3)c3sc(=O)[nH]c3S[C@H]2C(=O)N1c1ccc(Cl)cc1. The van der Waals surface area contributed by atoms with Crippen LogP contribution in [-0.4, -0.2) is 27.0 Å². The Bertz CT molecular complexity index is 1720. The summed E-state index contributed by atoms with van der Waals surface area (Å²) in [5.74, 6) is -2.41. The highest BCUT2D eigenvalue weighted by Crippen LogP contribution is 2.55. The number of hydrogen-bond donors (Lipinski definition) is 1. The number of nitro groups is 1. The van der Waals surface area contributed by atoms with E-state index in [0.29, 0.717) is 36.9 Å². The molecule has 0 radical (unpaired) electrons. The average molecular weight is 614 g/mol. The van der Waals surface area contributed by atoms with E-state index in [1.807, 2.05) is 0 Å². The minimum absolute atomic E-state index is 0.123. The Morgan fingerprint density at radius 3 is 2.30 bits per heavy atom. The van der Waals surface area contributed by atoms with Gasteiger partial charge in [-0.3, -0.25) is 24.5 Å². The molecule has 202 valence electrons. The van der Waals surface area contributed by atoms with E-state index in [9.17, 15) is 24.5 Å². The van der Waals surface area contributed by atoms with Crippen molar-refractivity contribution in [1.29, 1.82) is 0 Å². The van der Waals surface area contributed by atoms with Crippen LogP contribution in [0.4, 0.5) is 11.4 Å². The Hall–Kier alpha value is -3.64. The van der Waals surface area contributed by atoms with Crippen molar-refractivity contribution in [2.75, 3.05) is 4.90 Å². The Morgan fingerprint density at radius 1 is 0.950 bits per heavy atom. The Balaban J connectivity index is 1.47. The van der Waals surface area contributed by atoms with Gasteiger partial charge < -0.3 is 9.72 Å². The normalized spacial score (nSPS) is 19.9. The summed E-state index contributed by atoms with van der Waals surface area (Å²) in [4.78, 5) is 55.3. The number of thiazole rings is 1. The first-order valence-corrected chi connectivity index (χ1v) is 14.3. The standard InChI is InChI=1S/C27H17Cl2N3O6S2/c28-14-3-1-13(2-4-14)12-38-19-10-9-17(32(36)37)11-18(19)20-21-23(39-24-22(20)40-27(35)30-24)26(34)31(25(21)33)16-7-5-15(29)6-8-16/h1-11,20-21,23H,12H2,(H,30,35)/t20-,21-,23+/m0/s1. The van der Waals surface area contributed by atoms with Crippen LogP contribution in [0.3, 0.4) is 0 Å². The molecule has 1 N–H and O–H groups in total. The molecule has 2 aliphatic rings. The van der Waals surface area contributed by atoms with Crippen LogP contribution in [0.1, 0.15) is 21.9 Å². The van der Waals surface area contributed by atoms with Gasteiger partial charge >= 0.3 is 4.87 Å². The second-order valence-corrected chi connectivity index (χ2v) is 12.2. The molecule has 4 aromatic rings. The second kappa shape index (κ2) is 10.4. The van der Waals surface area contributed by atoms with Gasteiger partial charge in [-0.05, 0) is 48.0 Å². The summed E-state index contributed by atoms with van der Waals surface area (Å²) in [5.41, 5.74) is 1.30. The minimum Gasteiger partial charge on any atom is -0.489 e. The zero-order chi connectivity index (χ0) is 28.1. The highest BCUT2D eigenvalue weighted by Gasteiger charge is 2.57. The maximum atomic E-state index is 14.0. The van der Waals surface area contributed by atoms with Crippen molar-refractivity contribution < 1.29 is 19.2 Å². The van der Waals surface area contributed by atoms with Gasteiger partial charge in [0.05, 0.1) is 21.6 Å². The number of anilines is 1. The third kappa shape index (κ3) is 4.68. The van der Waals surface area contributed by atoms with E-state index in [1.165, 1.54) is 18.2 Å². The van der Waals surface area contributed by atoms with E-state index in [-0.39, 0.29) is 17.2 Å². The van der Waals surface area contributed by atoms with Crippen molar-refractivity contribution in [1.82, 2.24) is 4.98 Å². The van der Waals surface area contributed by atoms with Crippen molar-refractivity contribution >= 4 is 69.5 Å². The number of nitro benzene ring substituents is 1. The Morgan fingerprint density at radius 2 is 1.62 bits per heavy atom. The molecule has 2 amide bonds. The van der Waals surface area contributed by atoms with Crippen molar-refractivity contribution in [3.05, 3.63) is 113 Å². The van der Waals surface area contributed by atoms with Crippen LogP contribution in [0.5, 0.6) is 5.75 Å². The van der Waals surface area contributed by atoms with Gasteiger partial charge in [0.15, 0.2) is 0 Å². The van der Waals surface area contributed by atoms with Crippen LogP contribution >= 0.6 is 46.3 Å². The number of aromatic amines is 1. The second-order valence-electron chi connectivity index (χ2n) is 9.13. The molecular formula is C27H17Cl2N3O6S2. The quantitative estimate of drug-likeness (QED) is 0.160. The number of benzene rings is 3. The summed E-state index contributed by atoms with van der Waals surface area (Å²) in [7, 11) is 0. The van der Waals surface area contributed by atoms with Crippen LogP contribution in [0, 0.1) is 16.0 Å². The number of carbonyl (C=O) groups excluding carboxylic acids is 2. The smallest absolute Gasteiger partial charge is 0.305 e. The fourth-order valence-corrected chi connectivity index (χ4v) is 7.72. The maximum absolute atomic E-state index is 14.0. The van der Waals surface area contributed by atoms with Gasteiger partial charge in [0.25, 0.3) is 5.69 Å². The number of non-ortho nitro benzene ring substituents is 1. The first kappa shape index (κ1) is 26.6. The number of rotatable bonds is 6. The lowest BCUT2D eigenvalue weighted by atomic mass is 9.82. The highest BCUT2D eigenvalue weighted by molar-refractivity contribution is 8.00. The van der Waals surface area contributed by atoms with Crippen molar-refractivity contribution in [3.8, 4) is 5.75 Å². The number of thioether (sulfide) groups is 1. The first-order chi connectivity index (χ1) is 19.2. The molecule has 0 unspecified atom stereocenters. The summed E-state index contributed by atoms with van der Waals surface area (Å²) in [6, 6.07) is 17.5. The zero-order valence-corrected chi connectivity index (χ0v) is 23.4. The van der Waals surface area contributed by atoms with Gasteiger partial charge in [0.2, 0.25) is 11.8 Å². The number of nitrogens with one attached hydrogen (secondary N) is 1. The lowest BCUT2D eigenvalue weighted by molar-refractivity contribution is -0.385. The van der Waals surface area contributed by atoms with Crippen LogP contribution in [0.25, 0.3) is 0 Å². The number of imide groups is 1. The molecule has 0 bridgehead atoms. The number of amides is 2. The van der Waals surface area contributed by atoms with Gasteiger partial charge in [0, 0.05) is 38.5 Å². The predicted molar refractivity (Wildman–Crippen MR) is 153 cm³/mol. The van der Waals surface area contributed by atoms with Crippen LogP contribution < -0.4 is 14.5 Å². The minimum atomic E-state index is -0.938. The third-order valence-electron chi connectivity index (χ3n) is 6.76. The fraction of sp³-hybridized carbons (Fsp3) is 0.148. The molecule has 6 rings (SSSR count). The topological polar surface area (TPSA) is 123 Å². The Kier molecular flexibility index (Phi) is 6.91. The molecule has 40 heavy (non-hydrogen) atoms. The van der Waals surface area contributed by atoms with E-state index in [4.69, 9.17) is 27.9 Å². The number of fused-ring (bicyclic) bond motifs is 2. The van der Waals surface area contributed by atoms with Crippen molar-refractivity contribution in [2.24, 2.45) is 5.92 Å². The van der Waals surface area contributed by atoms with E-state index < -0.39 is 33.8 Å². The number of carbonyl (C=O) groups is 2. The number of hydrogen-bond acceptors (Lipinski definition) is 8. The molecule has 3 aromatic carbocycles. The van der Waals surface area contributed by atoms with Gasteiger partial charge in [-0.1, -0.05) is 58.4 Å². The monoisotopic (exact) mass is 613 g/mol. The van der Waals surface area contributed by atoms with Crippen molar-refractivity contribution in [3.63, 3.8) is 0 Å². The molecule has 3 heterocycles. The summed E-state index contributed by atoms with van der Waals surface area (Å²) >= 11 is 14.0. The molecule has 13 heteroatoms. The molecule has 3 atom stereocenters. The number of halogens is 2. The third-order valence-corrected chi connectivity index (χ3v) is 9.66. The van der Waals surface area contributed by atoms with Gasteiger partial charge in [-0.15, -0.1) is 0 Å². The molecule has 0 saturated carbocycles. The van der Waals surface area contributed by atoms with E-state index in [1.54, 1.807) is 48.5 Å². The number of nitrogens with zero attached hydrogens (tertiary/aromatic N) is 2. The summed E-state index contributed by atoms with van der Waals surface area (Å²) in [6.07, 6.45) is 0. The largest absolute Gasteiger partial charge is 0.489 e. The lowest BCUT2D eigenvalue weighted by Crippen LogP contribution is -2.32. The maximum Gasteiger partial charge on any atom is 0.305 e. The zero-order valence-electron chi connectivity index (χ0n) is 20.2. The number of H-pyrrole nitrogens is 1. The molecule has 0 aliphatic carbocycles. The van der Waals surface area contributed by atoms with E-state index in [2.05, 4.69) is 4.98 Å². The van der Waals surface area contributed by atoms with Gasteiger partial charge in [0.1, 0.15) is 17.6 Å². The molecule has 1 fully saturated rings. The summed E-state index contributed by atoms with van der Waals surface area (Å²) in [5, 5.41) is 12.4. The van der Waals surface area contributed by atoms with E-state index >= 15 is 0 Å². The average Bonchev–Trinajstić information content (AvgIpc) is 3.43. The van der Waals surface area contributed by atoms with E-state index in [0.717, 1.165) is 33.6 Å². The van der Waals surface area contributed by atoms with Crippen LogP contribution in [-0.2, 0) is 16.2 Å². The lowest BCUT2D eigenvalue weighted by Gasteiger charge is -2.30. The molecule has 1 aromatic heterocycles.